The summed E-state index contributed by atoms with van der Waals surface area (Å²) in [4.78, 5) is 2.63. The highest BCUT2D eigenvalue weighted by Crippen LogP contribution is 2.22. The molecule has 1 aliphatic rings. The SMILES string of the molecule is CC1CCC(C)N(CCCCC(C)(C#N)NC(C)C)C1. The molecule has 1 fully saturated rings. The van der Waals surface area contributed by atoms with E-state index in [2.05, 4.69) is 44.0 Å². The molecule has 0 aliphatic carbocycles. The molecular weight excluding hydrogens is 246 g/mol. The van der Waals surface area contributed by atoms with Gasteiger partial charge < -0.3 is 4.90 Å². The number of hydrogen-bond acceptors (Lipinski definition) is 3. The molecule has 3 atom stereocenters. The molecule has 0 saturated carbocycles. The maximum absolute atomic E-state index is 9.34. The molecule has 0 bridgehead atoms. The van der Waals surface area contributed by atoms with Gasteiger partial charge in [0.2, 0.25) is 0 Å². The van der Waals surface area contributed by atoms with Crippen molar-refractivity contribution < 1.29 is 0 Å². The van der Waals surface area contributed by atoms with E-state index in [0.717, 1.165) is 24.8 Å². The van der Waals surface area contributed by atoms with Crippen LogP contribution in [0.15, 0.2) is 0 Å². The van der Waals surface area contributed by atoms with Crippen LogP contribution in [-0.4, -0.2) is 35.6 Å². The summed E-state index contributed by atoms with van der Waals surface area (Å²) < 4.78 is 0. The molecule has 0 aromatic carbocycles. The fourth-order valence-electron chi connectivity index (χ4n) is 3.28. The maximum Gasteiger partial charge on any atom is 0.104 e. The minimum atomic E-state index is -0.366. The van der Waals surface area contributed by atoms with Crippen molar-refractivity contribution in [2.24, 2.45) is 5.92 Å². The molecule has 1 aliphatic heterocycles. The van der Waals surface area contributed by atoms with Crippen molar-refractivity contribution in [2.75, 3.05) is 13.1 Å². The molecule has 3 unspecified atom stereocenters. The number of hydrogen-bond donors (Lipinski definition) is 1. The molecule has 0 radical (unpaired) electrons. The average Bonchev–Trinajstić information content (AvgIpc) is 2.38. The summed E-state index contributed by atoms with van der Waals surface area (Å²) in [7, 11) is 0. The van der Waals surface area contributed by atoms with E-state index in [9.17, 15) is 5.26 Å². The largest absolute Gasteiger partial charge is 0.300 e. The smallest absolute Gasteiger partial charge is 0.104 e. The first-order valence-electron chi connectivity index (χ1n) is 8.29. The Morgan fingerprint density at radius 3 is 2.60 bits per heavy atom. The fourth-order valence-corrected chi connectivity index (χ4v) is 3.28. The van der Waals surface area contributed by atoms with Gasteiger partial charge in [-0.25, -0.2) is 0 Å². The van der Waals surface area contributed by atoms with Crippen LogP contribution in [0.4, 0.5) is 0 Å². The number of unbranched alkanes of at least 4 members (excludes halogenated alkanes) is 1. The molecule has 0 spiro atoms. The zero-order chi connectivity index (χ0) is 15.2. The van der Waals surface area contributed by atoms with Crippen molar-refractivity contribution in [2.45, 2.75) is 84.3 Å². The molecule has 1 N–H and O–H groups in total. The van der Waals surface area contributed by atoms with Crippen molar-refractivity contribution in [1.29, 1.82) is 5.26 Å². The van der Waals surface area contributed by atoms with Gasteiger partial charge in [-0.1, -0.05) is 6.92 Å². The van der Waals surface area contributed by atoms with E-state index >= 15 is 0 Å². The molecule has 3 heteroatoms. The van der Waals surface area contributed by atoms with Crippen molar-refractivity contribution in [1.82, 2.24) is 10.2 Å². The summed E-state index contributed by atoms with van der Waals surface area (Å²) in [6.07, 6.45) is 5.99. The van der Waals surface area contributed by atoms with Gasteiger partial charge in [-0.05, 0) is 72.3 Å². The Morgan fingerprint density at radius 2 is 2.00 bits per heavy atom. The first-order valence-corrected chi connectivity index (χ1v) is 8.29. The van der Waals surface area contributed by atoms with Crippen LogP contribution < -0.4 is 5.32 Å². The number of nitrogens with one attached hydrogen (secondary N) is 1. The van der Waals surface area contributed by atoms with Gasteiger partial charge >= 0.3 is 0 Å². The predicted octanol–water partition coefficient (Wildman–Crippen LogP) is 3.56. The van der Waals surface area contributed by atoms with Gasteiger partial charge in [0.05, 0.1) is 6.07 Å². The lowest BCUT2D eigenvalue weighted by molar-refractivity contribution is 0.122. The Labute approximate surface area is 125 Å². The highest BCUT2D eigenvalue weighted by Gasteiger charge is 2.25. The average molecular weight is 279 g/mol. The van der Waals surface area contributed by atoms with Crippen LogP contribution >= 0.6 is 0 Å². The molecule has 0 aromatic heterocycles. The fraction of sp³-hybridized carbons (Fsp3) is 0.941. The lowest BCUT2D eigenvalue weighted by atomic mass is 9.93. The molecule has 1 saturated heterocycles. The van der Waals surface area contributed by atoms with Crippen LogP contribution in [0, 0.1) is 17.2 Å². The number of likely N-dealkylation sites (tertiary alicyclic amines) is 1. The number of nitriles is 1. The zero-order valence-electron chi connectivity index (χ0n) is 14.1. The standard InChI is InChI=1S/C17H33N3/c1-14(2)19-17(5,13-18)10-6-7-11-20-12-15(3)8-9-16(20)4/h14-16,19H,6-12H2,1-5H3. The van der Waals surface area contributed by atoms with Crippen molar-refractivity contribution in [3.05, 3.63) is 0 Å². The van der Waals surface area contributed by atoms with Crippen molar-refractivity contribution >= 4 is 0 Å². The summed E-state index contributed by atoms with van der Waals surface area (Å²) in [5.41, 5.74) is -0.366. The van der Waals surface area contributed by atoms with Gasteiger partial charge in [0.15, 0.2) is 0 Å². The summed E-state index contributed by atoms with van der Waals surface area (Å²) >= 11 is 0. The monoisotopic (exact) mass is 279 g/mol. The van der Waals surface area contributed by atoms with Gasteiger partial charge in [-0.15, -0.1) is 0 Å². The van der Waals surface area contributed by atoms with Gasteiger partial charge in [0.25, 0.3) is 0 Å². The summed E-state index contributed by atoms with van der Waals surface area (Å²) in [6, 6.07) is 3.54. The lowest BCUT2D eigenvalue weighted by Gasteiger charge is -2.37. The van der Waals surface area contributed by atoms with Crippen LogP contribution in [0.3, 0.4) is 0 Å². The highest BCUT2D eigenvalue weighted by atomic mass is 15.2. The quantitative estimate of drug-likeness (QED) is 0.724. The van der Waals surface area contributed by atoms with E-state index in [1.54, 1.807) is 0 Å². The molecule has 1 heterocycles. The summed E-state index contributed by atoms with van der Waals surface area (Å²) in [5, 5.41) is 12.7. The van der Waals surface area contributed by atoms with Crippen LogP contribution in [0.1, 0.15) is 66.7 Å². The van der Waals surface area contributed by atoms with Gasteiger partial charge in [0.1, 0.15) is 5.54 Å². The lowest BCUT2D eigenvalue weighted by Crippen LogP contribution is -2.45. The topological polar surface area (TPSA) is 39.1 Å². The summed E-state index contributed by atoms with van der Waals surface area (Å²) in [5.74, 6) is 0.846. The van der Waals surface area contributed by atoms with E-state index in [1.807, 2.05) is 6.92 Å². The van der Waals surface area contributed by atoms with Crippen LogP contribution in [0.5, 0.6) is 0 Å². The molecule has 0 aromatic rings. The first kappa shape index (κ1) is 17.5. The van der Waals surface area contributed by atoms with Crippen LogP contribution in [0.25, 0.3) is 0 Å². The number of nitrogens with zero attached hydrogens (tertiary/aromatic N) is 2. The zero-order valence-corrected chi connectivity index (χ0v) is 14.1. The third-order valence-electron chi connectivity index (χ3n) is 4.47. The predicted molar refractivity (Wildman–Crippen MR) is 85.6 cm³/mol. The molecule has 20 heavy (non-hydrogen) atoms. The molecule has 0 amide bonds. The minimum absolute atomic E-state index is 0.364. The Morgan fingerprint density at radius 1 is 1.30 bits per heavy atom. The van der Waals surface area contributed by atoms with Crippen LogP contribution in [-0.2, 0) is 0 Å². The first-order chi connectivity index (χ1) is 9.36. The van der Waals surface area contributed by atoms with Gasteiger partial charge in [-0.2, -0.15) is 5.26 Å². The highest BCUT2D eigenvalue weighted by molar-refractivity contribution is 5.04. The van der Waals surface area contributed by atoms with E-state index in [0.29, 0.717) is 6.04 Å². The van der Waals surface area contributed by atoms with Crippen LogP contribution in [0.2, 0.25) is 0 Å². The summed E-state index contributed by atoms with van der Waals surface area (Å²) in [6.45, 7) is 13.4. The molecule has 3 nitrogen and oxygen atoms in total. The number of piperidine rings is 1. The molecular formula is C17H33N3. The third kappa shape index (κ3) is 5.81. The maximum atomic E-state index is 9.34. The Bertz CT molecular complexity index is 321. The second-order valence-corrected chi connectivity index (χ2v) is 7.23. The Balaban J connectivity index is 2.28. The molecule has 116 valence electrons. The van der Waals surface area contributed by atoms with E-state index in [1.165, 1.54) is 32.4 Å². The van der Waals surface area contributed by atoms with Gasteiger partial charge in [0, 0.05) is 18.6 Å². The molecule has 1 rings (SSSR count). The van der Waals surface area contributed by atoms with E-state index in [4.69, 9.17) is 0 Å². The van der Waals surface area contributed by atoms with Crippen molar-refractivity contribution in [3.8, 4) is 6.07 Å². The second-order valence-electron chi connectivity index (χ2n) is 7.23. The van der Waals surface area contributed by atoms with Gasteiger partial charge in [-0.3, -0.25) is 5.32 Å². The Hall–Kier alpha value is -0.590. The van der Waals surface area contributed by atoms with Crippen molar-refractivity contribution in [3.63, 3.8) is 0 Å². The van der Waals surface area contributed by atoms with E-state index < -0.39 is 0 Å². The third-order valence-corrected chi connectivity index (χ3v) is 4.47. The second kappa shape index (κ2) is 8.00. The minimum Gasteiger partial charge on any atom is -0.300 e. The normalized spacial score (nSPS) is 27.2. The Kier molecular flexibility index (Phi) is 6.99. The van der Waals surface area contributed by atoms with E-state index in [-0.39, 0.29) is 5.54 Å². The number of rotatable bonds is 7.